The lowest BCUT2D eigenvalue weighted by Gasteiger charge is -2.25. The maximum absolute atomic E-state index is 5.48. The Kier molecular flexibility index (Phi) is 8.60. The Bertz CT molecular complexity index is 500. The van der Waals surface area contributed by atoms with Crippen molar-refractivity contribution in [3.8, 4) is 0 Å². The third-order valence-corrected chi connectivity index (χ3v) is 4.60. The van der Waals surface area contributed by atoms with Crippen LogP contribution in [0, 0.1) is 5.92 Å². The second kappa shape index (κ2) is 11.0. The van der Waals surface area contributed by atoms with Gasteiger partial charge in [-0.1, -0.05) is 18.2 Å². The van der Waals surface area contributed by atoms with Crippen LogP contribution in [0.25, 0.3) is 0 Å². The molecular formula is C20H34N4O. The van der Waals surface area contributed by atoms with Crippen molar-refractivity contribution >= 4 is 11.6 Å². The van der Waals surface area contributed by atoms with E-state index in [0.717, 1.165) is 64.7 Å². The van der Waals surface area contributed by atoms with Crippen LogP contribution in [0.5, 0.6) is 0 Å². The van der Waals surface area contributed by atoms with Crippen molar-refractivity contribution in [2.75, 3.05) is 57.9 Å². The monoisotopic (exact) mass is 346 g/mol. The maximum Gasteiger partial charge on any atom is 0.193 e. The molecule has 1 aliphatic heterocycles. The molecule has 1 atom stereocenters. The van der Waals surface area contributed by atoms with Gasteiger partial charge in [-0.05, 0) is 38.8 Å². The van der Waals surface area contributed by atoms with E-state index in [2.05, 4.69) is 66.3 Å². The minimum atomic E-state index is 0.627. The third-order valence-electron chi connectivity index (χ3n) is 4.60. The van der Waals surface area contributed by atoms with Crippen molar-refractivity contribution < 1.29 is 4.74 Å². The molecule has 140 valence electrons. The highest BCUT2D eigenvalue weighted by atomic mass is 16.5. The van der Waals surface area contributed by atoms with Gasteiger partial charge in [0, 0.05) is 58.0 Å². The van der Waals surface area contributed by atoms with Crippen LogP contribution in [-0.4, -0.2) is 63.8 Å². The number of hydrogen-bond acceptors (Lipinski definition) is 3. The molecule has 5 heteroatoms. The predicted octanol–water partition coefficient (Wildman–Crippen LogP) is 2.84. The normalized spacial score (nSPS) is 17.6. The lowest BCUT2D eigenvalue weighted by molar-refractivity contribution is 0.181. The van der Waals surface area contributed by atoms with Crippen LogP contribution in [0.4, 0.5) is 5.69 Å². The molecule has 25 heavy (non-hydrogen) atoms. The number of nitrogens with one attached hydrogen (secondary N) is 1. The van der Waals surface area contributed by atoms with Gasteiger partial charge in [0.15, 0.2) is 5.96 Å². The zero-order valence-electron chi connectivity index (χ0n) is 16.1. The number of nitrogens with zero attached hydrogens (tertiary/aromatic N) is 3. The molecule has 1 N–H and O–H groups in total. The first-order chi connectivity index (χ1) is 12.2. The maximum atomic E-state index is 5.48. The Labute approximate surface area is 153 Å². The number of para-hydroxylation sites is 1. The van der Waals surface area contributed by atoms with Gasteiger partial charge >= 0.3 is 0 Å². The molecule has 1 aromatic rings. The van der Waals surface area contributed by atoms with Crippen molar-refractivity contribution in [3.63, 3.8) is 0 Å². The van der Waals surface area contributed by atoms with Crippen LogP contribution >= 0.6 is 0 Å². The molecule has 5 nitrogen and oxygen atoms in total. The molecule has 0 radical (unpaired) electrons. The molecule has 2 rings (SSSR count). The van der Waals surface area contributed by atoms with Gasteiger partial charge in [-0.3, -0.25) is 4.99 Å². The van der Waals surface area contributed by atoms with E-state index in [-0.39, 0.29) is 0 Å². The van der Waals surface area contributed by atoms with Crippen LogP contribution in [0.2, 0.25) is 0 Å². The smallest absolute Gasteiger partial charge is 0.193 e. The van der Waals surface area contributed by atoms with Gasteiger partial charge in [0.05, 0.1) is 6.61 Å². The molecule has 1 saturated heterocycles. The molecule has 0 spiro atoms. The van der Waals surface area contributed by atoms with E-state index in [0.29, 0.717) is 5.92 Å². The van der Waals surface area contributed by atoms with E-state index in [4.69, 9.17) is 9.73 Å². The predicted molar refractivity (Wildman–Crippen MR) is 106 cm³/mol. The first kappa shape index (κ1) is 19.6. The van der Waals surface area contributed by atoms with Crippen LogP contribution in [0.1, 0.15) is 26.7 Å². The van der Waals surface area contributed by atoms with Gasteiger partial charge in [-0.25, -0.2) is 0 Å². The molecule has 0 amide bonds. The van der Waals surface area contributed by atoms with E-state index in [1.165, 1.54) is 5.69 Å². The molecule has 1 heterocycles. The highest BCUT2D eigenvalue weighted by Crippen LogP contribution is 2.14. The fourth-order valence-corrected chi connectivity index (χ4v) is 3.23. The first-order valence-corrected chi connectivity index (χ1v) is 9.61. The standard InChI is InChI=1S/C20H34N4O/c1-4-21-20(23(3)16-18-12-15-25-17-18)22-13-9-14-24(5-2)19-10-7-6-8-11-19/h6-8,10-11,18H,4-5,9,12-17H2,1-3H3,(H,21,22). The molecular weight excluding hydrogens is 312 g/mol. The minimum Gasteiger partial charge on any atom is -0.381 e. The van der Waals surface area contributed by atoms with E-state index >= 15 is 0 Å². The Morgan fingerprint density at radius 1 is 1.28 bits per heavy atom. The Morgan fingerprint density at radius 3 is 2.72 bits per heavy atom. The zero-order chi connectivity index (χ0) is 17.9. The highest BCUT2D eigenvalue weighted by Gasteiger charge is 2.18. The zero-order valence-corrected chi connectivity index (χ0v) is 16.1. The van der Waals surface area contributed by atoms with Crippen LogP contribution in [0.3, 0.4) is 0 Å². The Hall–Kier alpha value is -1.75. The Balaban J connectivity index is 1.81. The van der Waals surface area contributed by atoms with Gasteiger partial charge < -0.3 is 19.9 Å². The lowest BCUT2D eigenvalue weighted by Crippen LogP contribution is -2.41. The van der Waals surface area contributed by atoms with Gasteiger partial charge in [-0.15, -0.1) is 0 Å². The average Bonchev–Trinajstić information content (AvgIpc) is 3.14. The summed E-state index contributed by atoms with van der Waals surface area (Å²) in [6, 6.07) is 10.6. The number of benzene rings is 1. The summed E-state index contributed by atoms with van der Waals surface area (Å²) in [4.78, 5) is 9.47. The van der Waals surface area contributed by atoms with Gasteiger partial charge in [0.2, 0.25) is 0 Å². The van der Waals surface area contributed by atoms with Crippen molar-refractivity contribution in [1.29, 1.82) is 0 Å². The first-order valence-electron chi connectivity index (χ1n) is 9.61. The number of aliphatic imine (C=N–C) groups is 1. The minimum absolute atomic E-state index is 0.627. The van der Waals surface area contributed by atoms with Crippen molar-refractivity contribution in [2.45, 2.75) is 26.7 Å². The fraction of sp³-hybridized carbons (Fsp3) is 0.650. The summed E-state index contributed by atoms with van der Waals surface area (Å²) in [5.41, 5.74) is 1.29. The quantitative estimate of drug-likeness (QED) is 0.424. The number of rotatable bonds is 9. The molecule has 1 aliphatic rings. The van der Waals surface area contributed by atoms with E-state index < -0.39 is 0 Å². The lowest BCUT2D eigenvalue weighted by atomic mass is 10.1. The SMILES string of the molecule is CCNC(=NCCCN(CC)c1ccccc1)N(C)CC1CCOC1. The summed E-state index contributed by atoms with van der Waals surface area (Å²) in [5.74, 6) is 1.64. The summed E-state index contributed by atoms with van der Waals surface area (Å²) < 4.78 is 5.48. The molecule has 1 aromatic carbocycles. The summed E-state index contributed by atoms with van der Waals surface area (Å²) in [5, 5.41) is 3.41. The highest BCUT2D eigenvalue weighted by molar-refractivity contribution is 5.79. The van der Waals surface area contributed by atoms with Gasteiger partial charge in [0.25, 0.3) is 0 Å². The molecule has 1 fully saturated rings. The van der Waals surface area contributed by atoms with E-state index in [9.17, 15) is 0 Å². The molecule has 0 bridgehead atoms. The van der Waals surface area contributed by atoms with Crippen molar-refractivity contribution in [2.24, 2.45) is 10.9 Å². The van der Waals surface area contributed by atoms with E-state index in [1.54, 1.807) is 0 Å². The van der Waals surface area contributed by atoms with Crippen LogP contribution in [0.15, 0.2) is 35.3 Å². The Morgan fingerprint density at radius 2 is 2.08 bits per heavy atom. The number of guanidine groups is 1. The fourth-order valence-electron chi connectivity index (χ4n) is 3.23. The third kappa shape index (κ3) is 6.58. The van der Waals surface area contributed by atoms with Crippen molar-refractivity contribution in [1.82, 2.24) is 10.2 Å². The van der Waals surface area contributed by atoms with Gasteiger partial charge in [0.1, 0.15) is 0 Å². The second-order valence-electron chi connectivity index (χ2n) is 6.61. The number of anilines is 1. The molecule has 1 unspecified atom stereocenters. The molecule has 0 saturated carbocycles. The van der Waals surface area contributed by atoms with Gasteiger partial charge in [-0.2, -0.15) is 0 Å². The summed E-state index contributed by atoms with van der Waals surface area (Å²) in [6.07, 6.45) is 2.21. The van der Waals surface area contributed by atoms with Crippen LogP contribution < -0.4 is 10.2 Å². The summed E-state index contributed by atoms with van der Waals surface area (Å²) in [7, 11) is 2.13. The molecule has 0 aromatic heterocycles. The van der Waals surface area contributed by atoms with Crippen LogP contribution in [-0.2, 0) is 4.74 Å². The topological polar surface area (TPSA) is 40.1 Å². The second-order valence-corrected chi connectivity index (χ2v) is 6.61. The summed E-state index contributed by atoms with van der Waals surface area (Å²) in [6.45, 7) is 10.9. The largest absolute Gasteiger partial charge is 0.381 e. The van der Waals surface area contributed by atoms with E-state index in [1.807, 2.05) is 0 Å². The average molecular weight is 347 g/mol. The van der Waals surface area contributed by atoms with Crippen molar-refractivity contribution in [3.05, 3.63) is 30.3 Å². The molecule has 0 aliphatic carbocycles. The number of hydrogen-bond donors (Lipinski definition) is 1. The summed E-state index contributed by atoms with van der Waals surface area (Å²) >= 11 is 0. The number of ether oxygens (including phenoxy) is 1.